The van der Waals surface area contributed by atoms with E-state index in [9.17, 15) is 8.42 Å². The van der Waals surface area contributed by atoms with E-state index in [2.05, 4.69) is 20.8 Å². The molecule has 110 valence electrons. The molecule has 0 radical (unpaired) electrons. The average Bonchev–Trinajstić information content (AvgIpc) is 2.32. The summed E-state index contributed by atoms with van der Waals surface area (Å²) in [6.07, 6.45) is 5.94. The zero-order valence-corrected chi connectivity index (χ0v) is 14.1. The van der Waals surface area contributed by atoms with Crippen LogP contribution in [0.5, 0.6) is 0 Å². The summed E-state index contributed by atoms with van der Waals surface area (Å²) in [7, 11) is -1.76. The van der Waals surface area contributed by atoms with Crippen molar-refractivity contribution in [1.82, 2.24) is 0 Å². The van der Waals surface area contributed by atoms with E-state index in [4.69, 9.17) is 0 Å². The Labute approximate surface area is 117 Å². The van der Waals surface area contributed by atoms with Gasteiger partial charge in [-0.05, 0) is 50.8 Å². The first kappa shape index (κ1) is 18.3. The standard InChI is InChI=1S/C13H30NO2S2/c1-5-14(6-2,7-3)12-10-8-9-11-13-17-18(4,15)16/h5-13H2,1-4H3/q+1. The van der Waals surface area contributed by atoms with Crippen LogP contribution in [-0.4, -0.2) is 51.1 Å². The van der Waals surface area contributed by atoms with Crippen LogP contribution < -0.4 is 0 Å². The van der Waals surface area contributed by atoms with Gasteiger partial charge in [-0.25, -0.2) is 8.42 Å². The number of unbranched alkanes of at least 4 members (excludes halogenated alkanes) is 3. The molecular formula is C13H30NO2S2+. The molecule has 0 aliphatic heterocycles. The van der Waals surface area contributed by atoms with Crippen LogP contribution in [0.2, 0.25) is 0 Å². The molecule has 0 rings (SSSR count). The minimum atomic E-state index is -2.84. The Morgan fingerprint density at radius 2 is 1.39 bits per heavy atom. The lowest BCUT2D eigenvalue weighted by Crippen LogP contribution is -2.48. The molecular weight excluding hydrogens is 266 g/mol. The van der Waals surface area contributed by atoms with Crippen LogP contribution in [0.15, 0.2) is 0 Å². The van der Waals surface area contributed by atoms with E-state index in [1.807, 2.05) is 0 Å². The molecule has 0 spiro atoms. The summed E-state index contributed by atoms with van der Waals surface area (Å²) in [6, 6.07) is 0. The monoisotopic (exact) mass is 296 g/mol. The Balaban J connectivity index is 3.62. The molecule has 0 atom stereocenters. The fourth-order valence-corrected chi connectivity index (χ4v) is 4.14. The highest BCUT2D eigenvalue weighted by Gasteiger charge is 2.19. The third kappa shape index (κ3) is 8.38. The number of hydrogen-bond acceptors (Lipinski definition) is 3. The lowest BCUT2D eigenvalue weighted by Gasteiger charge is -2.35. The molecule has 0 unspecified atom stereocenters. The van der Waals surface area contributed by atoms with Gasteiger partial charge in [0.1, 0.15) is 0 Å². The second kappa shape index (κ2) is 9.21. The molecule has 0 N–H and O–H groups in total. The predicted molar refractivity (Wildman–Crippen MR) is 82.5 cm³/mol. The third-order valence-corrected chi connectivity index (χ3v) is 6.50. The van der Waals surface area contributed by atoms with Crippen LogP contribution in [0.4, 0.5) is 0 Å². The van der Waals surface area contributed by atoms with E-state index in [1.54, 1.807) is 0 Å². The van der Waals surface area contributed by atoms with E-state index < -0.39 is 8.87 Å². The summed E-state index contributed by atoms with van der Waals surface area (Å²) in [5, 5.41) is 0. The largest absolute Gasteiger partial charge is 0.324 e. The van der Waals surface area contributed by atoms with Gasteiger partial charge in [0.15, 0.2) is 8.87 Å². The highest BCUT2D eigenvalue weighted by Crippen LogP contribution is 2.14. The van der Waals surface area contributed by atoms with Crippen LogP contribution in [0.1, 0.15) is 46.5 Å². The van der Waals surface area contributed by atoms with Crippen molar-refractivity contribution >= 4 is 19.7 Å². The zero-order chi connectivity index (χ0) is 14.1. The van der Waals surface area contributed by atoms with Crippen molar-refractivity contribution in [1.29, 1.82) is 0 Å². The van der Waals surface area contributed by atoms with Gasteiger partial charge in [-0.2, -0.15) is 0 Å². The molecule has 0 bridgehead atoms. The van der Waals surface area contributed by atoms with Gasteiger partial charge < -0.3 is 4.48 Å². The number of rotatable bonds is 11. The van der Waals surface area contributed by atoms with Crippen molar-refractivity contribution in [3.05, 3.63) is 0 Å². The molecule has 0 aromatic rings. The van der Waals surface area contributed by atoms with Gasteiger partial charge >= 0.3 is 0 Å². The van der Waals surface area contributed by atoms with E-state index in [-0.39, 0.29) is 0 Å². The Morgan fingerprint density at radius 1 is 0.889 bits per heavy atom. The molecule has 0 saturated carbocycles. The van der Waals surface area contributed by atoms with Gasteiger partial charge in [0.25, 0.3) is 0 Å². The molecule has 3 nitrogen and oxygen atoms in total. The van der Waals surface area contributed by atoms with Crippen LogP contribution >= 0.6 is 10.8 Å². The molecule has 0 saturated heterocycles. The molecule has 0 fully saturated rings. The average molecular weight is 297 g/mol. The number of hydrogen-bond donors (Lipinski definition) is 0. The van der Waals surface area contributed by atoms with Crippen LogP contribution in [0.25, 0.3) is 0 Å². The molecule has 0 aromatic heterocycles. The van der Waals surface area contributed by atoms with Crippen molar-refractivity contribution in [2.75, 3.05) is 38.2 Å². The van der Waals surface area contributed by atoms with Gasteiger partial charge in [0, 0.05) is 12.0 Å². The molecule has 0 amide bonds. The molecule has 18 heavy (non-hydrogen) atoms. The molecule has 0 aliphatic rings. The smallest absolute Gasteiger partial charge is 0.198 e. The summed E-state index contributed by atoms with van der Waals surface area (Å²) in [4.78, 5) is 0. The van der Waals surface area contributed by atoms with Crippen molar-refractivity contribution in [3.63, 3.8) is 0 Å². The molecule has 5 heteroatoms. The van der Waals surface area contributed by atoms with Gasteiger partial charge in [-0.15, -0.1) is 0 Å². The lowest BCUT2D eigenvalue weighted by molar-refractivity contribution is -0.923. The number of quaternary nitrogens is 1. The van der Waals surface area contributed by atoms with Crippen LogP contribution in [0, 0.1) is 0 Å². The van der Waals surface area contributed by atoms with Crippen LogP contribution in [-0.2, 0) is 8.87 Å². The summed E-state index contributed by atoms with van der Waals surface area (Å²) < 4.78 is 23.1. The quantitative estimate of drug-likeness (QED) is 0.334. The van der Waals surface area contributed by atoms with E-state index >= 15 is 0 Å². The maximum Gasteiger partial charge on any atom is 0.198 e. The Bertz CT molecular complexity index is 290. The highest BCUT2D eigenvalue weighted by molar-refractivity contribution is 8.71. The van der Waals surface area contributed by atoms with Crippen molar-refractivity contribution < 1.29 is 12.9 Å². The second-order valence-corrected chi connectivity index (χ2v) is 9.53. The van der Waals surface area contributed by atoms with Gasteiger partial charge in [0.2, 0.25) is 0 Å². The maximum atomic E-state index is 10.9. The normalized spacial score (nSPS) is 12.9. The lowest BCUT2D eigenvalue weighted by atomic mass is 10.2. The Hall–Kier alpha value is 0.260. The van der Waals surface area contributed by atoms with Gasteiger partial charge in [-0.3, -0.25) is 0 Å². The van der Waals surface area contributed by atoms with Gasteiger partial charge in [0.05, 0.1) is 26.2 Å². The summed E-state index contributed by atoms with van der Waals surface area (Å²) in [5.74, 6) is 0.744. The van der Waals surface area contributed by atoms with Crippen molar-refractivity contribution in [2.45, 2.75) is 46.5 Å². The van der Waals surface area contributed by atoms with Gasteiger partial charge in [-0.1, -0.05) is 6.42 Å². The topological polar surface area (TPSA) is 34.1 Å². The predicted octanol–water partition coefficient (Wildman–Crippen LogP) is 3.12. The summed E-state index contributed by atoms with van der Waals surface area (Å²) in [5.41, 5.74) is 0. The molecule has 0 aliphatic carbocycles. The molecule has 0 aromatic carbocycles. The van der Waals surface area contributed by atoms with Crippen molar-refractivity contribution in [3.8, 4) is 0 Å². The summed E-state index contributed by atoms with van der Waals surface area (Å²) in [6.45, 7) is 11.7. The molecule has 0 heterocycles. The maximum absolute atomic E-state index is 10.9. The fourth-order valence-electron chi connectivity index (χ4n) is 2.26. The summed E-state index contributed by atoms with van der Waals surface area (Å²) >= 11 is 0. The van der Waals surface area contributed by atoms with E-state index in [0.717, 1.165) is 29.4 Å². The first-order valence-corrected chi connectivity index (χ1v) is 10.5. The highest BCUT2D eigenvalue weighted by atomic mass is 33.1. The first-order valence-electron chi connectivity index (χ1n) is 7.08. The SMILES string of the molecule is CC[N+](CC)(CC)CCCCCCSS(C)(=O)=O. The minimum Gasteiger partial charge on any atom is -0.324 e. The third-order valence-electron chi connectivity index (χ3n) is 3.84. The minimum absolute atomic E-state index is 0.744. The second-order valence-electron chi connectivity index (χ2n) is 4.95. The van der Waals surface area contributed by atoms with E-state index in [1.165, 1.54) is 49.8 Å². The Kier molecular flexibility index (Phi) is 9.34. The van der Waals surface area contributed by atoms with E-state index in [0.29, 0.717) is 0 Å². The van der Waals surface area contributed by atoms with Crippen LogP contribution in [0.3, 0.4) is 0 Å². The number of nitrogens with zero attached hydrogens (tertiary/aromatic N) is 1. The fraction of sp³-hybridized carbons (Fsp3) is 1.00. The first-order chi connectivity index (χ1) is 8.39. The Morgan fingerprint density at radius 3 is 1.83 bits per heavy atom. The zero-order valence-electron chi connectivity index (χ0n) is 12.4. The van der Waals surface area contributed by atoms with Crippen molar-refractivity contribution in [2.24, 2.45) is 0 Å².